The van der Waals surface area contributed by atoms with E-state index in [0.29, 0.717) is 23.9 Å². The predicted molar refractivity (Wildman–Crippen MR) is 94.4 cm³/mol. The molecule has 0 N–H and O–H groups in total. The minimum Gasteiger partial charge on any atom is -0.484 e. The van der Waals surface area contributed by atoms with Gasteiger partial charge in [-0.15, -0.1) is 0 Å². The zero-order chi connectivity index (χ0) is 17.6. The van der Waals surface area contributed by atoms with Gasteiger partial charge in [-0.25, -0.2) is 4.98 Å². The smallest absolute Gasteiger partial charge is 0.275 e. The van der Waals surface area contributed by atoms with Crippen molar-refractivity contribution in [3.8, 4) is 5.75 Å². The first kappa shape index (κ1) is 17.0. The van der Waals surface area contributed by atoms with Crippen LogP contribution in [0.5, 0.6) is 5.75 Å². The molecule has 0 fully saturated rings. The van der Waals surface area contributed by atoms with Crippen molar-refractivity contribution in [1.29, 1.82) is 0 Å². The maximum Gasteiger partial charge on any atom is 0.275 e. The molecule has 3 aromatic rings. The number of fused-ring (bicyclic) bond motifs is 1. The van der Waals surface area contributed by atoms with Gasteiger partial charge in [-0.05, 0) is 30.7 Å². The number of unbranched alkanes of at least 4 members (excludes halogenated alkanes) is 1. The Hall–Kier alpha value is -2.89. The van der Waals surface area contributed by atoms with E-state index < -0.39 is 0 Å². The molecule has 130 valence electrons. The molecule has 0 saturated carbocycles. The summed E-state index contributed by atoms with van der Waals surface area (Å²) in [5.74, 6) is 0.936. The number of amides is 1. The quantitative estimate of drug-likeness (QED) is 0.657. The van der Waals surface area contributed by atoms with Gasteiger partial charge in [0.2, 0.25) is 5.89 Å². The second-order valence-corrected chi connectivity index (χ2v) is 5.85. The van der Waals surface area contributed by atoms with E-state index in [0.717, 1.165) is 23.7 Å². The summed E-state index contributed by atoms with van der Waals surface area (Å²) in [7, 11) is 1.77. The van der Waals surface area contributed by atoms with Crippen molar-refractivity contribution in [2.24, 2.45) is 0 Å². The molecule has 0 aliphatic heterocycles. The van der Waals surface area contributed by atoms with Crippen molar-refractivity contribution in [2.45, 2.75) is 26.4 Å². The summed E-state index contributed by atoms with van der Waals surface area (Å²) in [6.45, 7) is 2.96. The lowest BCUT2D eigenvalue weighted by Gasteiger charge is -2.14. The molecule has 1 amide bonds. The van der Waals surface area contributed by atoms with E-state index in [1.807, 2.05) is 30.3 Å². The van der Waals surface area contributed by atoms with Crippen LogP contribution in [0.25, 0.3) is 10.9 Å². The fraction of sp³-hybridized carbons (Fsp3) is 0.316. The van der Waals surface area contributed by atoms with Crippen molar-refractivity contribution >= 4 is 16.8 Å². The second kappa shape index (κ2) is 7.79. The third-order valence-electron chi connectivity index (χ3n) is 3.90. The molecule has 25 heavy (non-hydrogen) atoms. The summed E-state index contributed by atoms with van der Waals surface area (Å²) in [5, 5.41) is 1.00. The maximum absolute atomic E-state index is 12.2. The molecular formula is C19H21N3O3. The summed E-state index contributed by atoms with van der Waals surface area (Å²) >= 11 is 0. The zero-order valence-electron chi connectivity index (χ0n) is 14.4. The van der Waals surface area contributed by atoms with Crippen LogP contribution in [-0.2, 0) is 6.61 Å². The lowest BCUT2D eigenvalue weighted by molar-refractivity contribution is 0.0787. The van der Waals surface area contributed by atoms with Gasteiger partial charge in [-0.2, -0.15) is 0 Å². The number of nitrogens with zero attached hydrogens (tertiary/aromatic N) is 3. The Labute approximate surface area is 146 Å². The third-order valence-corrected chi connectivity index (χ3v) is 3.90. The number of carbonyl (C=O) groups is 1. The van der Waals surface area contributed by atoms with Crippen molar-refractivity contribution < 1.29 is 13.9 Å². The predicted octanol–water partition coefficient (Wildman–Crippen LogP) is 3.67. The third kappa shape index (κ3) is 4.15. The first-order valence-corrected chi connectivity index (χ1v) is 8.35. The van der Waals surface area contributed by atoms with E-state index in [1.54, 1.807) is 18.1 Å². The summed E-state index contributed by atoms with van der Waals surface area (Å²) in [4.78, 5) is 22.4. The molecule has 0 aliphatic carbocycles. The Kier molecular flexibility index (Phi) is 5.28. The molecule has 0 unspecified atom stereocenters. The Morgan fingerprint density at radius 3 is 3.04 bits per heavy atom. The Morgan fingerprint density at radius 1 is 1.32 bits per heavy atom. The molecule has 6 heteroatoms. The topological polar surface area (TPSA) is 68.5 Å². The van der Waals surface area contributed by atoms with Crippen LogP contribution in [0.3, 0.4) is 0 Å². The zero-order valence-corrected chi connectivity index (χ0v) is 14.4. The second-order valence-electron chi connectivity index (χ2n) is 5.85. The van der Waals surface area contributed by atoms with Crippen LogP contribution in [-0.4, -0.2) is 34.4 Å². The van der Waals surface area contributed by atoms with E-state index in [-0.39, 0.29) is 12.5 Å². The van der Waals surface area contributed by atoms with Gasteiger partial charge in [-0.1, -0.05) is 19.4 Å². The number of oxazole rings is 1. The lowest BCUT2D eigenvalue weighted by Crippen LogP contribution is -2.27. The summed E-state index contributed by atoms with van der Waals surface area (Å²) in [6.07, 6.45) is 5.14. The standard InChI is InChI=1S/C19H21N3O3/c1-3-4-10-22(2)19(23)17-12-25-18(21-17)13-24-15-7-8-16-14(11-15)6-5-9-20-16/h5-9,11-12H,3-4,10,13H2,1-2H3. The number of pyridine rings is 1. The lowest BCUT2D eigenvalue weighted by atomic mass is 10.2. The van der Waals surface area contributed by atoms with Crippen molar-refractivity contribution in [3.05, 3.63) is 54.4 Å². The fourth-order valence-corrected chi connectivity index (χ4v) is 2.46. The van der Waals surface area contributed by atoms with Gasteiger partial charge in [0.05, 0.1) is 5.52 Å². The van der Waals surface area contributed by atoms with Crippen molar-refractivity contribution in [3.63, 3.8) is 0 Å². The molecular weight excluding hydrogens is 318 g/mol. The minimum absolute atomic E-state index is 0.139. The first-order chi connectivity index (χ1) is 12.2. The van der Waals surface area contributed by atoms with Crippen LogP contribution in [0, 0.1) is 0 Å². The van der Waals surface area contributed by atoms with Crippen LogP contribution < -0.4 is 4.74 Å². The average Bonchev–Trinajstić information content (AvgIpc) is 3.12. The first-order valence-electron chi connectivity index (χ1n) is 8.35. The summed E-state index contributed by atoms with van der Waals surface area (Å²) in [6, 6.07) is 9.52. The van der Waals surface area contributed by atoms with Crippen LogP contribution in [0.15, 0.2) is 47.2 Å². The molecule has 0 spiro atoms. The number of benzene rings is 1. The fourth-order valence-electron chi connectivity index (χ4n) is 2.46. The van der Waals surface area contributed by atoms with Crippen LogP contribution in [0.4, 0.5) is 0 Å². The Bertz CT molecular complexity index is 860. The molecule has 2 heterocycles. The van der Waals surface area contributed by atoms with Gasteiger partial charge in [0.25, 0.3) is 5.91 Å². The highest BCUT2D eigenvalue weighted by Crippen LogP contribution is 2.20. The number of carbonyl (C=O) groups excluding carboxylic acids is 1. The molecule has 1 aromatic carbocycles. The molecule has 0 bridgehead atoms. The van der Waals surface area contributed by atoms with Crippen LogP contribution in [0.1, 0.15) is 36.1 Å². The number of hydrogen-bond acceptors (Lipinski definition) is 5. The van der Waals surface area contributed by atoms with Gasteiger partial charge in [0.15, 0.2) is 12.3 Å². The van der Waals surface area contributed by atoms with Crippen molar-refractivity contribution in [1.82, 2.24) is 14.9 Å². The molecule has 0 atom stereocenters. The number of hydrogen-bond donors (Lipinski definition) is 0. The molecule has 6 nitrogen and oxygen atoms in total. The number of aromatic nitrogens is 2. The van der Waals surface area contributed by atoms with Gasteiger partial charge in [0.1, 0.15) is 12.0 Å². The molecule has 0 aliphatic rings. The van der Waals surface area contributed by atoms with Crippen LogP contribution >= 0.6 is 0 Å². The molecule has 0 radical (unpaired) electrons. The number of ether oxygens (including phenoxy) is 1. The highest BCUT2D eigenvalue weighted by Gasteiger charge is 2.16. The molecule has 3 rings (SSSR count). The van der Waals surface area contributed by atoms with E-state index >= 15 is 0 Å². The maximum atomic E-state index is 12.2. The Balaban J connectivity index is 1.61. The van der Waals surface area contributed by atoms with E-state index in [1.165, 1.54) is 6.26 Å². The van der Waals surface area contributed by atoms with Gasteiger partial charge >= 0.3 is 0 Å². The monoisotopic (exact) mass is 339 g/mol. The Morgan fingerprint density at radius 2 is 2.20 bits per heavy atom. The highest BCUT2D eigenvalue weighted by atomic mass is 16.5. The van der Waals surface area contributed by atoms with E-state index in [2.05, 4.69) is 16.9 Å². The normalized spacial score (nSPS) is 10.8. The SMILES string of the molecule is CCCCN(C)C(=O)c1coc(COc2ccc3ncccc3c2)n1. The van der Waals surface area contributed by atoms with E-state index in [4.69, 9.17) is 9.15 Å². The molecule has 2 aromatic heterocycles. The molecule has 0 saturated heterocycles. The largest absolute Gasteiger partial charge is 0.484 e. The van der Waals surface area contributed by atoms with Gasteiger partial charge in [0, 0.05) is 25.2 Å². The van der Waals surface area contributed by atoms with Gasteiger partial charge < -0.3 is 14.1 Å². The van der Waals surface area contributed by atoms with Gasteiger partial charge in [-0.3, -0.25) is 9.78 Å². The highest BCUT2D eigenvalue weighted by molar-refractivity contribution is 5.91. The summed E-state index contributed by atoms with van der Waals surface area (Å²) in [5.41, 5.74) is 1.22. The number of rotatable bonds is 7. The van der Waals surface area contributed by atoms with E-state index in [9.17, 15) is 4.79 Å². The summed E-state index contributed by atoms with van der Waals surface area (Å²) < 4.78 is 11.1. The van der Waals surface area contributed by atoms with Crippen molar-refractivity contribution in [2.75, 3.05) is 13.6 Å². The average molecular weight is 339 g/mol. The van der Waals surface area contributed by atoms with Crippen LogP contribution in [0.2, 0.25) is 0 Å². The minimum atomic E-state index is -0.139.